The van der Waals surface area contributed by atoms with Gasteiger partial charge in [0, 0.05) is 12.7 Å². The minimum atomic E-state index is -0.649. The molecule has 0 saturated carbocycles. The van der Waals surface area contributed by atoms with E-state index < -0.39 is 12.2 Å². The molecule has 3 atom stereocenters. The lowest BCUT2D eigenvalue weighted by Gasteiger charge is -2.44. The lowest BCUT2D eigenvalue weighted by atomic mass is 9.91. The van der Waals surface area contributed by atoms with E-state index in [2.05, 4.69) is 58.4 Å². The van der Waals surface area contributed by atoms with Crippen molar-refractivity contribution in [2.75, 3.05) is 13.7 Å². The predicted octanol–water partition coefficient (Wildman–Crippen LogP) is 4.81. The number of rotatable bonds is 5. The van der Waals surface area contributed by atoms with Crippen molar-refractivity contribution in [3.8, 4) is 11.4 Å². The number of piperidine rings is 1. The summed E-state index contributed by atoms with van der Waals surface area (Å²) < 4.78 is 7.67. The Kier molecular flexibility index (Phi) is 6.34. The molecule has 0 amide bonds. The summed E-state index contributed by atoms with van der Waals surface area (Å²) in [6, 6.07) is 14.5. The smallest absolute Gasteiger partial charge is 0.177 e. The molecule has 2 aromatic carbocycles. The minimum absolute atomic E-state index is 0.104. The second-order valence-electron chi connectivity index (χ2n) is 9.40. The molecule has 1 saturated heterocycles. The van der Waals surface area contributed by atoms with Crippen molar-refractivity contribution in [3.05, 3.63) is 82.9 Å². The van der Waals surface area contributed by atoms with Gasteiger partial charge in [-0.15, -0.1) is 0 Å². The molecule has 35 heavy (non-hydrogen) atoms. The Hall–Kier alpha value is -3.58. The van der Waals surface area contributed by atoms with Crippen LogP contribution in [0.3, 0.4) is 0 Å². The maximum atomic E-state index is 10.5. The monoisotopic (exact) mass is 472 g/mol. The van der Waals surface area contributed by atoms with E-state index in [9.17, 15) is 5.11 Å². The zero-order chi connectivity index (χ0) is 24.5. The predicted molar refractivity (Wildman–Crippen MR) is 137 cm³/mol. The Balaban J connectivity index is 1.50. The van der Waals surface area contributed by atoms with Gasteiger partial charge in [-0.25, -0.2) is 4.98 Å². The molecule has 2 aliphatic rings. The van der Waals surface area contributed by atoms with E-state index >= 15 is 0 Å². The van der Waals surface area contributed by atoms with E-state index in [0.29, 0.717) is 0 Å². The van der Waals surface area contributed by atoms with Crippen molar-refractivity contribution in [2.24, 2.45) is 5.16 Å². The second-order valence-corrected chi connectivity index (χ2v) is 9.40. The van der Waals surface area contributed by atoms with Crippen LogP contribution in [-0.4, -0.2) is 51.3 Å². The van der Waals surface area contributed by atoms with Gasteiger partial charge in [-0.05, 0) is 68.5 Å². The number of aromatic nitrogens is 2. The fourth-order valence-corrected chi connectivity index (χ4v) is 4.94. The summed E-state index contributed by atoms with van der Waals surface area (Å²) in [6.07, 6.45) is 6.76. The number of fused-ring (bicyclic) bond motifs is 1. The SMILES string of the molecule is COc1cc(/C=C2\CCCN3C2=NOC(C(C)O)C3c2ccc(C)cc2)ccc1-n1cnc(C)c1. The number of aliphatic hydroxyl groups excluding tert-OH is 1. The summed E-state index contributed by atoms with van der Waals surface area (Å²) in [5.74, 6) is 1.62. The highest BCUT2D eigenvalue weighted by Crippen LogP contribution is 2.38. The zero-order valence-electron chi connectivity index (χ0n) is 20.7. The zero-order valence-corrected chi connectivity index (χ0v) is 20.7. The van der Waals surface area contributed by atoms with E-state index in [0.717, 1.165) is 59.1 Å². The van der Waals surface area contributed by atoms with Crippen LogP contribution in [0.5, 0.6) is 5.75 Å². The van der Waals surface area contributed by atoms with Crippen molar-refractivity contribution in [2.45, 2.75) is 51.9 Å². The number of imidazole rings is 1. The first-order valence-electron chi connectivity index (χ1n) is 12.1. The summed E-state index contributed by atoms with van der Waals surface area (Å²) >= 11 is 0. The normalized spacial score (nSPS) is 21.8. The number of ether oxygens (including phenoxy) is 1. The summed E-state index contributed by atoms with van der Waals surface area (Å²) in [5, 5.41) is 15.0. The van der Waals surface area contributed by atoms with E-state index in [1.807, 2.05) is 29.8 Å². The third-order valence-electron chi connectivity index (χ3n) is 6.74. The van der Waals surface area contributed by atoms with Gasteiger partial charge in [0.15, 0.2) is 11.9 Å². The number of oxime groups is 1. The molecule has 0 bridgehead atoms. The van der Waals surface area contributed by atoms with Gasteiger partial charge in [-0.2, -0.15) is 0 Å². The Morgan fingerprint density at radius 2 is 1.97 bits per heavy atom. The van der Waals surface area contributed by atoms with Crippen molar-refractivity contribution in [1.29, 1.82) is 0 Å². The van der Waals surface area contributed by atoms with Gasteiger partial charge in [0.1, 0.15) is 5.75 Å². The number of nitrogens with zero attached hydrogens (tertiary/aromatic N) is 4. The standard InChI is InChI=1S/C28H32N4O3/c1-18-7-10-22(11-8-18)26-27(20(3)33)35-30-28-23(6-5-13-32(26)28)14-21-9-12-24(25(15-21)34-4)31-16-19(2)29-17-31/h7-12,14-17,20,26-27,33H,5-6,13H2,1-4H3/b23-14+. The van der Waals surface area contributed by atoms with Crippen LogP contribution in [0.4, 0.5) is 0 Å². The van der Waals surface area contributed by atoms with Crippen molar-refractivity contribution < 1.29 is 14.7 Å². The van der Waals surface area contributed by atoms with Crippen molar-refractivity contribution >= 4 is 11.9 Å². The van der Waals surface area contributed by atoms with Crippen molar-refractivity contribution in [1.82, 2.24) is 14.5 Å². The van der Waals surface area contributed by atoms with Gasteiger partial charge in [0.2, 0.25) is 0 Å². The third kappa shape index (κ3) is 4.56. The van der Waals surface area contributed by atoms with Crippen molar-refractivity contribution in [3.63, 3.8) is 0 Å². The first kappa shape index (κ1) is 23.2. The summed E-state index contributed by atoms with van der Waals surface area (Å²) in [4.78, 5) is 12.5. The quantitative estimate of drug-likeness (QED) is 0.577. The molecule has 2 aliphatic heterocycles. The Labute approximate surface area is 206 Å². The molecule has 0 radical (unpaired) electrons. The number of hydrogen-bond acceptors (Lipinski definition) is 6. The number of benzene rings is 2. The molecule has 1 N–H and O–H groups in total. The molecule has 182 valence electrons. The van der Waals surface area contributed by atoms with E-state index in [4.69, 9.17) is 9.57 Å². The van der Waals surface area contributed by atoms with Crippen LogP contribution >= 0.6 is 0 Å². The highest BCUT2D eigenvalue weighted by molar-refractivity contribution is 6.03. The molecule has 1 aromatic heterocycles. The van der Waals surface area contributed by atoms with Crippen LogP contribution in [0, 0.1) is 13.8 Å². The Morgan fingerprint density at radius 1 is 1.17 bits per heavy atom. The topological polar surface area (TPSA) is 72.1 Å². The molecule has 3 unspecified atom stereocenters. The van der Waals surface area contributed by atoms with E-state index in [-0.39, 0.29) is 6.04 Å². The van der Waals surface area contributed by atoms with Gasteiger partial charge in [-0.1, -0.05) is 41.1 Å². The summed E-state index contributed by atoms with van der Waals surface area (Å²) in [7, 11) is 1.68. The molecule has 5 rings (SSSR count). The molecular weight excluding hydrogens is 440 g/mol. The molecule has 1 fully saturated rings. The highest BCUT2D eigenvalue weighted by Gasteiger charge is 2.41. The molecule has 3 heterocycles. The first-order valence-corrected chi connectivity index (χ1v) is 12.1. The maximum absolute atomic E-state index is 10.5. The average Bonchev–Trinajstić information content (AvgIpc) is 3.30. The third-order valence-corrected chi connectivity index (χ3v) is 6.74. The van der Waals surface area contributed by atoms with Gasteiger partial charge in [-0.3, -0.25) is 0 Å². The molecule has 0 aliphatic carbocycles. The fourth-order valence-electron chi connectivity index (χ4n) is 4.94. The van der Waals surface area contributed by atoms with Crippen LogP contribution in [0.2, 0.25) is 0 Å². The van der Waals surface area contributed by atoms with Gasteiger partial charge in [0.25, 0.3) is 0 Å². The second kappa shape index (κ2) is 9.58. The summed E-state index contributed by atoms with van der Waals surface area (Å²) in [6.45, 7) is 6.68. The van der Waals surface area contributed by atoms with Gasteiger partial charge in [0.05, 0.1) is 37.0 Å². The Morgan fingerprint density at radius 3 is 2.66 bits per heavy atom. The number of aliphatic hydroxyl groups is 1. The summed E-state index contributed by atoms with van der Waals surface area (Å²) in [5.41, 5.74) is 6.37. The van der Waals surface area contributed by atoms with Crippen LogP contribution < -0.4 is 4.74 Å². The number of hydrogen-bond donors (Lipinski definition) is 1. The van der Waals surface area contributed by atoms with Crippen LogP contribution in [0.25, 0.3) is 11.8 Å². The van der Waals surface area contributed by atoms with E-state index in [1.54, 1.807) is 20.4 Å². The highest BCUT2D eigenvalue weighted by atomic mass is 16.6. The molecule has 7 heteroatoms. The Bertz CT molecular complexity index is 1260. The first-order chi connectivity index (χ1) is 16.9. The largest absolute Gasteiger partial charge is 0.495 e. The molecule has 0 spiro atoms. The molecule has 3 aromatic rings. The van der Waals surface area contributed by atoms with Gasteiger partial charge >= 0.3 is 0 Å². The lowest BCUT2D eigenvalue weighted by Crippen LogP contribution is -2.51. The number of aryl methyl sites for hydroxylation is 2. The lowest BCUT2D eigenvalue weighted by molar-refractivity contribution is -0.0829. The van der Waals surface area contributed by atoms with Crippen LogP contribution in [-0.2, 0) is 4.84 Å². The maximum Gasteiger partial charge on any atom is 0.177 e. The number of amidine groups is 1. The molecular formula is C28H32N4O3. The molecule has 7 nitrogen and oxygen atoms in total. The van der Waals surface area contributed by atoms with Crippen LogP contribution in [0.1, 0.15) is 48.2 Å². The number of methoxy groups -OCH3 is 1. The minimum Gasteiger partial charge on any atom is -0.495 e. The van der Waals surface area contributed by atoms with E-state index in [1.165, 1.54) is 5.56 Å². The average molecular weight is 473 g/mol. The van der Waals surface area contributed by atoms with Crippen LogP contribution in [0.15, 0.2) is 65.7 Å². The van der Waals surface area contributed by atoms with Gasteiger partial charge < -0.3 is 24.1 Å². The fraction of sp³-hybridized carbons (Fsp3) is 0.357.